The fourth-order valence-electron chi connectivity index (χ4n) is 2.70. The van der Waals surface area contributed by atoms with Crippen molar-refractivity contribution in [3.8, 4) is 10.6 Å². The van der Waals surface area contributed by atoms with Crippen molar-refractivity contribution in [1.29, 1.82) is 0 Å². The molecule has 0 fully saturated rings. The smallest absolute Gasteiger partial charge is 0.241 e. The van der Waals surface area contributed by atoms with Crippen LogP contribution in [0.3, 0.4) is 0 Å². The van der Waals surface area contributed by atoms with Gasteiger partial charge < -0.3 is 4.42 Å². The highest BCUT2D eigenvalue weighted by Gasteiger charge is 2.17. The van der Waals surface area contributed by atoms with Gasteiger partial charge in [-0.05, 0) is 35.0 Å². The van der Waals surface area contributed by atoms with E-state index in [9.17, 15) is 8.42 Å². The monoisotopic (exact) mass is 369 g/mol. The Labute approximate surface area is 149 Å². The van der Waals surface area contributed by atoms with E-state index in [0.717, 1.165) is 16.0 Å². The van der Waals surface area contributed by atoms with E-state index in [0.29, 0.717) is 11.1 Å². The number of sulfonamides is 1. The van der Waals surface area contributed by atoms with Gasteiger partial charge in [0, 0.05) is 5.39 Å². The van der Waals surface area contributed by atoms with Gasteiger partial charge in [-0.3, -0.25) is 0 Å². The average molecular weight is 369 g/mol. The first-order valence-electron chi connectivity index (χ1n) is 7.73. The lowest BCUT2D eigenvalue weighted by molar-refractivity contribution is 0.510. The average Bonchev–Trinajstić information content (AvgIpc) is 3.31. The van der Waals surface area contributed by atoms with Gasteiger partial charge in [0.25, 0.3) is 0 Å². The Morgan fingerprint density at radius 1 is 0.920 bits per heavy atom. The minimum Gasteiger partial charge on any atom is -0.459 e. The summed E-state index contributed by atoms with van der Waals surface area (Å²) in [4.78, 5) is 1.29. The van der Waals surface area contributed by atoms with Crippen LogP contribution in [-0.4, -0.2) is 8.42 Å². The number of benzene rings is 2. The van der Waals surface area contributed by atoms with Crippen LogP contribution in [0.2, 0.25) is 0 Å². The van der Waals surface area contributed by atoms with Crippen molar-refractivity contribution in [3.05, 3.63) is 77.9 Å². The summed E-state index contributed by atoms with van der Waals surface area (Å²) in [5.74, 6) is 1.32. The Morgan fingerprint density at radius 3 is 2.60 bits per heavy atom. The van der Waals surface area contributed by atoms with Crippen molar-refractivity contribution in [2.24, 2.45) is 0 Å². The molecule has 25 heavy (non-hydrogen) atoms. The zero-order valence-electron chi connectivity index (χ0n) is 13.2. The maximum atomic E-state index is 12.7. The number of nitrogens with one attached hydrogen (secondary N) is 1. The molecular formula is C19H15NO3S2. The molecule has 4 aromatic rings. The lowest BCUT2D eigenvalue weighted by atomic mass is 10.1. The summed E-state index contributed by atoms with van der Waals surface area (Å²) in [5, 5.41) is 3.57. The predicted molar refractivity (Wildman–Crippen MR) is 100.0 cm³/mol. The van der Waals surface area contributed by atoms with Crippen molar-refractivity contribution in [2.75, 3.05) is 0 Å². The third kappa shape index (κ3) is 3.24. The second-order valence-corrected chi connectivity index (χ2v) is 8.23. The molecule has 2 aromatic carbocycles. The molecule has 0 aliphatic rings. The Morgan fingerprint density at radius 2 is 1.76 bits per heavy atom. The predicted octanol–water partition coefficient (Wildman–Crippen LogP) is 4.64. The van der Waals surface area contributed by atoms with Crippen LogP contribution in [0.4, 0.5) is 0 Å². The topological polar surface area (TPSA) is 59.3 Å². The summed E-state index contributed by atoms with van der Waals surface area (Å²) in [7, 11) is -3.64. The molecule has 2 aromatic heterocycles. The molecule has 4 rings (SSSR count). The molecule has 0 unspecified atom stereocenters. The highest BCUT2D eigenvalue weighted by molar-refractivity contribution is 7.89. The first-order valence-corrected chi connectivity index (χ1v) is 10.1. The first-order chi connectivity index (χ1) is 12.1. The molecule has 0 aliphatic carbocycles. The maximum Gasteiger partial charge on any atom is 0.241 e. The fourth-order valence-corrected chi connectivity index (χ4v) is 4.61. The van der Waals surface area contributed by atoms with E-state index in [2.05, 4.69) is 4.72 Å². The van der Waals surface area contributed by atoms with E-state index in [1.807, 2.05) is 53.9 Å². The largest absolute Gasteiger partial charge is 0.459 e. The summed E-state index contributed by atoms with van der Waals surface area (Å²) in [6.45, 7) is 0.108. The molecule has 126 valence electrons. The Bertz CT molecular complexity index is 1110. The van der Waals surface area contributed by atoms with Crippen molar-refractivity contribution >= 4 is 32.1 Å². The lowest BCUT2D eigenvalue weighted by Gasteiger charge is -2.08. The van der Waals surface area contributed by atoms with Gasteiger partial charge in [0.2, 0.25) is 10.0 Å². The molecule has 0 atom stereocenters. The van der Waals surface area contributed by atoms with E-state index in [1.54, 1.807) is 29.5 Å². The summed E-state index contributed by atoms with van der Waals surface area (Å²) >= 11 is 1.58. The molecule has 0 spiro atoms. The van der Waals surface area contributed by atoms with E-state index in [4.69, 9.17) is 4.42 Å². The van der Waals surface area contributed by atoms with Gasteiger partial charge in [-0.15, -0.1) is 11.3 Å². The Balaban J connectivity index is 1.58. The van der Waals surface area contributed by atoms with Gasteiger partial charge in [0.05, 0.1) is 16.3 Å². The normalized spacial score (nSPS) is 11.8. The van der Waals surface area contributed by atoms with Gasteiger partial charge in [-0.2, -0.15) is 0 Å². The summed E-state index contributed by atoms with van der Waals surface area (Å²) in [6.07, 6.45) is 0. The van der Waals surface area contributed by atoms with E-state index >= 15 is 0 Å². The molecule has 6 heteroatoms. The van der Waals surface area contributed by atoms with Gasteiger partial charge in [-0.1, -0.05) is 42.5 Å². The van der Waals surface area contributed by atoms with E-state index < -0.39 is 10.0 Å². The fraction of sp³-hybridized carbons (Fsp3) is 0.0526. The molecule has 0 amide bonds. The zero-order chi connectivity index (χ0) is 17.3. The molecule has 0 saturated carbocycles. The number of furan rings is 1. The van der Waals surface area contributed by atoms with E-state index in [-0.39, 0.29) is 11.4 Å². The number of thiophene rings is 1. The van der Waals surface area contributed by atoms with Gasteiger partial charge in [0.1, 0.15) is 11.5 Å². The lowest BCUT2D eigenvalue weighted by Crippen LogP contribution is -2.23. The second kappa shape index (κ2) is 6.48. The van der Waals surface area contributed by atoms with Crippen molar-refractivity contribution < 1.29 is 12.8 Å². The van der Waals surface area contributed by atoms with Crippen molar-refractivity contribution in [1.82, 2.24) is 4.72 Å². The highest BCUT2D eigenvalue weighted by atomic mass is 32.2. The summed E-state index contributed by atoms with van der Waals surface area (Å²) < 4.78 is 33.8. The van der Waals surface area contributed by atoms with Gasteiger partial charge in [-0.25, -0.2) is 13.1 Å². The van der Waals surface area contributed by atoms with Crippen LogP contribution in [-0.2, 0) is 16.6 Å². The van der Waals surface area contributed by atoms with Crippen LogP contribution < -0.4 is 4.72 Å². The van der Waals surface area contributed by atoms with Crippen LogP contribution >= 0.6 is 11.3 Å². The van der Waals surface area contributed by atoms with E-state index in [1.165, 1.54) is 0 Å². The van der Waals surface area contributed by atoms with Gasteiger partial charge >= 0.3 is 0 Å². The second-order valence-electron chi connectivity index (χ2n) is 5.55. The van der Waals surface area contributed by atoms with Crippen molar-refractivity contribution in [2.45, 2.75) is 11.4 Å². The summed E-state index contributed by atoms with van der Waals surface area (Å²) in [6, 6.07) is 20.3. The quantitative estimate of drug-likeness (QED) is 0.557. The van der Waals surface area contributed by atoms with Crippen LogP contribution in [0, 0.1) is 0 Å². The third-order valence-electron chi connectivity index (χ3n) is 3.90. The highest BCUT2D eigenvalue weighted by Crippen LogP contribution is 2.27. The van der Waals surface area contributed by atoms with Crippen LogP contribution in [0.25, 0.3) is 21.4 Å². The van der Waals surface area contributed by atoms with Gasteiger partial charge in [0.15, 0.2) is 0 Å². The Kier molecular flexibility index (Phi) is 4.17. The van der Waals surface area contributed by atoms with Crippen LogP contribution in [0.15, 0.2) is 81.4 Å². The minimum absolute atomic E-state index is 0.108. The summed E-state index contributed by atoms with van der Waals surface area (Å²) in [5.41, 5.74) is 0. The number of hydrogen-bond donors (Lipinski definition) is 1. The first kappa shape index (κ1) is 16.1. The maximum absolute atomic E-state index is 12.7. The van der Waals surface area contributed by atoms with Crippen molar-refractivity contribution in [3.63, 3.8) is 0 Å². The molecule has 2 heterocycles. The number of fused-ring (bicyclic) bond motifs is 1. The molecule has 0 radical (unpaired) electrons. The van der Waals surface area contributed by atoms with Crippen LogP contribution in [0.1, 0.15) is 5.76 Å². The Hall–Kier alpha value is -2.41. The third-order valence-corrected chi connectivity index (χ3v) is 6.25. The molecule has 0 saturated heterocycles. The molecule has 1 N–H and O–H groups in total. The standard InChI is InChI=1S/C19H15NO3S2/c21-25(22,19-9-3-6-14-5-1-2-7-16(14)19)20-13-15-10-11-17(23-15)18-8-4-12-24-18/h1-12,20H,13H2. The number of hydrogen-bond acceptors (Lipinski definition) is 4. The zero-order valence-corrected chi connectivity index (χ0v) is 14.8. The van der Waals surface area contributed by atoms with Crippen LogP contribution in [0.5, 0.6) is 0 Å². The molecule has 0 aliphatic heterocycles. The molecule has 0 bridgehead atoms. The SMILES string of the molecule is O=S(=O)(NCc1ccc(-c2cccs2)o1)c1cccc2ccccc12. The molecule has 4 nitrogen and oxygen atoms in total. The minimum atomic E-state index is -3.64. The molecular weight excluding hydrogens is 354 g/mol. The number of rotatable bonds is 5.